The van der Waals surface area contributed by atoms with Crippen molar-refractivity contribution in [2.24, 2.45) is 5.73 Å². The van der Waals surface area contributed by atoms with Crippen LogP contribution in [0.5, 0.6) is 5.75 Å². The highest BCUT2D eigenvalue weighted by Crippen LogP contribution is 2.34. The summed E-state index contributed by atoms with van der Waals surface area (Å²) in [7, 11) is 1.53. The second-order valence-electron chi connectivity index (χ2n) is 4.65. The Labute approximate surface area is 124 Å². The minimum absolute atomic E-state index is 0.172. The van der Waals surface area contributed by atoms with Crippen LogP contribution in [0.3, 0.4) is 0 Å². The molecule has 0 heterocycles. The molecule has 0 spiro atoms. The topological polar surface area (TPSA) is 55.5 Å². The number of nitrogens with two attached hydrogens (primary N) is 1. The Hall–Kier alpha value is -0.480. The molecule has 0 bridgehead atoms. The molecule has 0 radical (unpaired) electrons. The van der Waals surface area contributed by atoms with Gasteiger partial charge in [0.15, 0.2) is 5.75 Å². The minimum Gasteiger partial charge on any atom is -0.494 e. The maximum atomic E-state index is 9.93. The van der Waals surface area contributed by atoms with Crippen LogP contribution in [0.2, 0.25) is 10.0 Å². The number of ether oxygens (including phenoxy) is 1. The molecule has 1 rings (SSSR count). The molecule has 2 atom stereocenters. The zero-order chi connectivity index (χ0) is 14.4. The van der Waals surface area contributed by atoms with Crippen molar-refractivity contribution in [1.29, 1.82) is 0 Å². The van der Waals surface area contributed by atoms with E-state index in [1.54, 1.807) is 0 Å². The van der Waals surface area contributed by atoms with Crippen LogP contribution >= 0.6 is 23.2 Å². The number of hydrogen-bond acceptors (Lipinski definition) is 3. The van der Waals surface area contributed by atoms with Gasteiger partial charge in [0.25, 0.3) is 0 Å². The fourth-order valence-corrected chi connectivity index (χ4v) is 2.69. The van der Waals surface area contributed by atoms with E-state index in [2.05, 4.69) is 6.92 Å². The third-order valence-corrected chi connectivity index (χ3v) is 3.67. The SMILES string of the molecule is CCCC(N)C(O)CCc1cc(Cl)c(OC)c(Cl)c1. The summed E-state index contributed by atoms with van der Waals surface area (Å²) in [6, 6.07) is 3.45. The summed E-state index contributed by atoms with van der Waals surface area (Å²) in [4.78, 5) is 0. The molecule has 0 aromatic heterocycles. The molecule has 0 aliphatic heterocycles. The smallest absolute Gasteiger partial charge is 0.156 e. The van der Waals surface area contributed by atoms with Crippen molar-refractivity contribution in [2.45, 2.75) is 44.8 Å². The van der Waals surface area contributed by atoms with Gasteiger partial charge in [-0.1, -0.05) is 36.5 Å². The van der Waals surface area contributed by atoms with Crippen molar-refractivity contribution < 1.29 is 9.84 Å². The van der Waals surface area contributed by atoms with E-state index in [1.165, 1.54) is 7.11 Å². The highest BCUT2D eigenvalue weighted by Gasteiger charge is 2.15. The summed E-state index contributed by atoms with van der Waals surface area (Å²) in [5.74, 6) is 0.482. The van der Waals surface area contributed by atoms with E-state index in [1.807, 2.05) is 12.1 Å². The van der Waals surface area contributed by atoms with E-state index in [4.69, 9.17) is 33.7 Å². The molecule has 5 heteroatoms. The van der Waals surface area contributed by atoms with Crippen molar-refractivity contribution >= 4 is 23.2 Å². The van der Waals surface area contributed by atoms with Gasteiger partial charge in [0.1, 0.15) is 0 Å². The summed E-state index contributed by atoms with van der Waals surface area (Å²) < 4.78 is 5.09. The zero-order valence-electron chi connectivity index (χ0n) is 11.3. The molecular weight excluding hydrogens is 285 g/mol. The van der Waals surface area contributed by atoms with Gasteiger partial charge >= 0.3 is 0 Å². The van der Waals surface area contributed by atoms with Gasteiger partial charge in [-0.25, -0.2) is 0 Å². The van der Waals surface area contributed by atoms with E-state index >= 15 is 0 Å². The van der Waals surface area contributed by atoms with Gasteiger partial charge in [0.2, 0.25) is 0 Å². The third kappa shape index (κ3) is 4.84. The lowest BCUT2D eigenvalue weighted by Crippen LogP contribution is -2.34. The molecule has 108 valence electrons. The predicted octanol–water partition coefficient (Wildman–Crippen LogP) is 3.42. The van der Waals surface area contributed by atoms with Gasteiger partial charge in [0.05, 0.1) is 23.3 Å². The second kappa shape index (κ2) is 7.95. The van der Waals surface area contributed by atoms with Crippen molar-refractivity contribution in [3.05, 3.63) is 27.7 Å². The average Bonchev–Trinajstić information content (AvgIpc) is 2.36. The van der Waals surface area contributed by atoms with Gasteiger partial charge in [0, 0.05) is 6.04 Å². The first kappa shape index (κ1) is 16.6. The minimum atomic E-state index is -0.500. The van der Waals surface area contributed by atoms with Crippen LogP contribution in [0.25, 0.3) is 0 Å². The first-order valence-corrected chi connectivity index (χ1v) is 7.20. The molecule has 0 amide bonds. The van der Waals surface area contributed by atoms with Crippen LogP contribution < -0.4 is 10.5 Å². The fourth-order valence-electron chi connectivity index (χ4n) is 2.01. The van der Waals surface area contributed by atoms with Gasteiger partial charge in [-0.2, -0.15) is 0 Å². The summed E-state index contributed by atoms with van der Waals surface area (Å²) in [6.45, 7) is 2.05. The van der Waals surface area contributed by atoms with Crippen LogP contribution in [-0.2, 0) is 6.42 Å². The van der Waals surface area contributed by atoms with Gasteiger partial charge in [-0.15, -0.1) is 0 Å². The molecule has 1 aromatic carbocycles. The number of benzene rings is 1. The molecule has 0 fully saturated rings. The standard InChI is InChI=1S/C14H21Cl2NO2/c1-3-4-12(17)13(18)6-5-9-7-10(15)14(19-2)11(16)8-9/h7-8,12-13,18H,3-6,17H2,1-2H3. The molecule has 0 saturated carbocycles. The quantitative estimate of drug-likeness (QED) is 0.811. The lowest BCUT2D eigenvalue weighted by Gasteiger charge is -2.18. The van der Waals surface area contributed by atoms with Gasteiger partial charge < -0.3 is 15.6 Å². The number of aryl methyl sites for hydroxylation is 1. The van der Waals surface area contributed by atoms with Gasteiger partial charge in [-0.05, 0) is 37.0 Å². The van der Waals surface area contributed by atoms with E-state index in [9.17, 15) is 5.11 Å². The summed E-state index contributed by atoms with van der Waals surface area (Å²) in [5, 5.41) is 10.9. The zero-order valence-corrected chi connectivity index (χ0v) is 12.8. The number of aliphatic hydroxyl groups is 1. The largest absolute Gasteiger partial charge is 0.494 e. The Morgan fingerprint density at radius 3 is 2.32 bits per heavy atom. The Morgan fingerprint density at radius 2 is 1.84 bits per heavy atom. The molecule has 19 heavy (non-hydrogen) atoms. The molecule has 3 nitrogen and oxygen atoms in total. The van der Waals surface area contributed by atoms with Crippen molar-refractivity contribution in [2.75, 3.05) is 7.11 Å². The van der Waals surface area contributed by atoms with Crippen LogP contribution in [0.15, 0.2) is 12.1 Å². The maximum absolute atomic E-state index is 9.93. The molecular formula is C14H21Cl2NO2. The van der Waals surface area contributed by atoms with Crippen molar-refractivity contribution in [3.8, 4) is 5.75 Å². The van der Waals surface area contributed by atoms with Crippen molar-refractivity contribution in [3.63, 3.8) is 0 Å². The van der Waals surface area contributed by atoms with E-state index in [-0.39, 0.29) is 6.04 Å². The monoisotopic (exact) mass is 305 g/mol. The first-order valence-electron chi connectivity index (χ1n) is 6.45. The predicted molar refractivity (Wildman–Crippen MR) is 80.2 cm³/mol. The molecule has 0 saturated heterocycles. The molecule has 0 aliphatic carbocycles. The van der Waals surface area contributed by atoms with Crippen molar-refractivity contribution in [1.82, 2.24) is 0 Å². The van der Waals surface area contributed by atoms with Gasteiger partial charge in [-0.3, -0.25) is 0 Å². The first-order chi connectivity index (χ1) is 8.99. The molecule has 3 N–H and O–H groups in total. The molecule has 0 aliphatic rings. The van der Waals surface area contributed by atoms with Crippen LogP contribution in [0.1, 0.15) is 31.7 Å². The summed E-state index contributed by atoms with van der Waals surface area (Å²) >= 11 is 12.1. The Bertz CT molecular complexity index is 389. The second-order valence-corrected chi connectivity index (χ2v) is 5.47. The van der Waals surface area contributed by atoms with Crippen LogP contribution in [0.4, 0.5) is 0 Å². The number of hydrogen-bond donors (Lipinski definition) is 2. The lowest BCUT2D eigenvalue weighted by molar-refractivity contribution is 0.131. The van der Waals surface area contributed by atoms with E-state index in [0.717, 1.165) is 18.4 Å². The fraction of sp³-hybridized carbons (Fsp3) is 0.571. The molecule has 1 aromatic rings. The normalized spacial score (nSPS) is 14.2. The Balaban J connectivity index is 2.63. The third-order valence-electron chi connectivity index (χ3n) is 3.11. The number of aliphatic hydroxyl groups excluding tert-OH is 1. The highest BCUT2D eigenvalue weighted by atomic mass is 35.5. The Kier molecular flexibility index (Phi) is 6.94. The Morgan fingerprint density at radius 1 is 1.26 bits per heavy atom. The average molecular weight is 306 g/mol. The summed E-state index contributed by atoms with van der Waals surface area (Å²) in [6.07, 6.45) is 2.57. The van der Waals surface area contributed by atoms with Crippen LogP contribution in [-0.4, -0.2) is 24.4 Å². The van der Waals surface area contributed by atoms with E-state index in [0.29, 0.717) is 28.6 Å². The number of halogens is 2. The van der Waals surface area contributed by atoms with E-state index < -0.39 is 6.10 Å². The maximum Gasteiger partial charge on any atom is 0.156 e. The lowest BCUT2D eigenvalue weighted by atomic mass is 9.99. The van der Waals surface area contributed by atoms with Crippen LogP contribution in [0, 0.1) is 0 Å². The molecule has 2 unspecified atom stereocenters. The highest BCUT2D eigenvalue weighted by molar-refractivity contribution is 6.37. The summed E-state index contributed by atoms with van der Waals surface area (Å²) in [5.41, 5.74) is 6.85. The number of rotatable bonds is 7. The number of methoxy groups -OCH3 is 1.